The van der Waals surface area contributed by atoms with E-state index in [-0.39, 0.29) is 5.54 Å². The molecule has 2 unspecified atom stereocenters. The van der Waals surface area contributed by atoms with Crippen molar-refractivity contribution < 1.29 is 0 Å². The van der Waals surface area contributed by atoms with Gasteiger partial charge in [-0.1, -0.05) is 18.6 Å². The predicted octanol–water partition coefficient (Wildman–Crippen LogP) is 2.47. The van der Waals surface area contributed by atoms with Crippen LogP contribution >= 0.6 is 0 Å². The van der Waals surface area contributed by atoms with Crippen molar-refractivity contribution in [3.8, 4) is 0 Å². The molecule has 1 heteroatoms. The fourth-order valence-corrected chi connectivity index (χ4v) is 2.89. The van der Waals surface area contributed by atoms with E-state index in [4.69, 9.17) is 5.73 Å². The van der Waals surface area contributed by atoms with E-state index in [1.807, 2.05) is 0 Å². The molecule has 12 heavy (non-hydrogen) atoms. The maximum Gasteiger partial charge on any atom is 0.0315 e. The van der Waals surface area contributed by atoms with Crippen LogP contribution in [0.15, 0.2) is 11.6 Å². The monoisotopic (exact) mass is 165 g/mol. The Morgan fingerprint density at radius 2 is 2.17 bits per heavy atom. The van der Waals surface area contributed by atoms with Crippen molar-refractivity contribution in [2.24, 2.45) is 17.6 Å². The molecule has 2 bridgehead atoms. The van der Waals surface area contributed by atoms with Crippen molar-refractivity contribution in [1.82, 2.24) is 0 Å². The van der Waals surface area contributed by atoms with E-state index in [1.165, 1.54) is 19.3 Å². The summed E-state index contributed by atoms with van der Waals surface area (Å²) in [7, 11) is 0. The molecule has 0 aromatic carbocycles. The second-order valence-electron chi connectivity index (χ2n) is 5.13. The lowest BCUT2D eigenvalue weighted by molar-refractivity contribution is 0.268. The first kappa shape index (κ1) is 8.31. The molecule has 3 aliphatic carbocycles. The molecule has 0 amide bonds. The summed E-state index contributed by atoms with van der Waals surface area (Å²) in [4.78, 5) is 0. The fraction of sp³-hybridized carbons (Fsp3) is 0.818. The highest BCUT2D eigenvalue weighted by Gasteiger charge is 2.32. The Hall–Kier alpha value is -0.300. The van der Waals surface area contributed by atoms with Crippen molar-refractivity contribution >= 4 is 0 Å². The van der Waals surface area contributed by atoms with Crippen molar-refractivity contribution in [1.29, 1.82) is 0 Å². The third-order valence-corrected chi connectivity index (χ3v) is 3.16. The Bertz CT molecular complexity index is 207. The summed E-state index contributed by atoms with van der Waals surface area (Å²) in [6, 6.07) is 0. The summed E-state index contributed by atoms with van der Waals surface area (Å²) in [5.41, 5.74) is 7.76. The van der Waals surface area contributed by atoms with E-state index in [2.05, 4.69) is 19.9 Å². The van der Waals surface area contributed by atoms with Crippen LogP contribution in [0.4, 0.5) is 0 Å². The van der Waals surface area contributed by atoms with E-state index in [1.54, 1.807) is 5.57 Å². The standard InChI is InChI=1S/C11H19N/c1-8-3-9-4-10(5-9)7-11(2,12)6-8/h7-9H,3-6,12H2,1-2H3. The fourth-order valence-electron chi connectivity index (χ4n) is 2.89. The Morgan fingerprint density at radius 1 is 1.50 bits per heavy atom. The van der Waals surface area contributed by atoms with E-state index < -0.39 is 0 Å². The Kier molecular flexibility index (Phi) is 1.80. The maximum absolute atomic E-state index is 6.18. The van der Waals surface area contributed by atoms with Gasteiger partial charge in [0.1, 0.15) is 0 Å². The van der Waals surface area contributed by atoms with Gasteiger partial charge in [-0.25, -0.2) is 0 Å². The highest BCUT2D eigenvalue weighted by atomic mass is 14.7. The highest BCUT2D eigenvalue weighted by Crippen LogP contribution is 2.42. The third-order valence-electron chi connectivity index (χ3n) is 3.16. The van der Waals surface area contributed by atoms with E-state index in [0.717, 1.165) is 18.3 Å². The van der Waals surface area contributed by atoms with Gasteiger partial charge in [0.25, 0.3) is 0 Å². The zero-order valence-electron chi connectivity index (χ0n) is 8.14. The van der Waals surface area contributed by atoms with Gasteiger partial charge in [-0.2, -0.15) is 0 Å². The van der Waals surface area contributed by atoms with E-state index in [0.29, 0.717) is 0 Å². The summed E-state index contributed by atoms with van der Waals surface area (Å²) < 4.78 is 0. The molecule has 3 rings (SSSR count). The van der Waals surface area contributed by atoms with Gasteiger partial charge >= 0.3 is 0 Å². The minimum Gasteiger partial charge on any atom is -0.322 e. The van der Waals surface area contributed by atoms with Gasteiger partial charge < -0.3 is 5.73 Å². The van der Waals surface area contributed by atoms with E-state index >= 15 is 0 Å². The minimum atomic E-state index is -0.0276. The topological polar surface area (TPSA) is 26.0 Å². The van der Waals surface area contributed by atoms with Crippen LogP contribution in [0.5, 0.6) is 0 Å². The molecule has 1 saturated carbocycles. The SMILES string of the molecule is CC1CC2CC(=CC(C)(N)C1)C2. The van der Waals surface area contributed by atoms with Crippen LogP contribution in [-0.4, -0.2) is 5.54 Å². The molecule has 0 radical (unpaired) electrons. The quantitative estimate of drug-likeness (QED) is 0.548. The average Bonchev–Trinajstić information content (AvgIpc) is 1.77. The molecule has 2 atom stereocenters. The maximum atomic E-state index is 6.18. The van der Waals surface area contributed by atoms with Crippen LogP contribution in [0, 0.1) is 11.8 Å². The zero-order valence-corrected chi connectivity index (χ0v) is 8.14. The molecular formula is C11H19N. The molecule has 0 spiro atoms. The number of hydrogen-bond acceptors (Lipinski definition) is 1. The van der Waals surface area contributed by atoms with Crippen molar-refractivity contribution in [3.05, 3.63) is 11.6 Å². The summed E-state index contributed by atoms with van der Waals surface area (Å²) >= 11 is 0. The van der Waals surface area contributed by atoms with Crippen LogP contribution in [0.3, 0.4) is 0 Å². The van der Waals surface area contributed by atoms with Gasteiger partial charge in [0, 0.05) is 5.54 Å². The van der Waals surface area contributed by atoms with Gasteiger partial charge in [-0.3, -0.25) is 0 Å². The lowest BCUT2D eigenvalue weighted by Crippen LogP contribution is -2.39. The summed E-state index contributed by atoms with van der Waals surface area (Å²) in [6.45, 7) is 4.50. The molecule has 0 aliphatic heterocycles. The average molecular weight is 165 g/mol. The first-order valence-electron chi connectivity index (χ1n) is 5.05. The number of allylic oxidation sites excluding steroid dienone is 1. The molecule has 0 saturated heterocycles. The zero-order chi connectivity index (χ0) is 8.77. The second-order valence-corrected chi connectivity index (χ2v) is 5.13. The number of fused-ring (bicyclic) bond motifs is 4. The molecule has 2 N–H and O–H groups in total. The van der Waals surface area contributed by atoms with Gasteiger partial charge in [0.05, 0.1) is 0 Å². The molecule has 3 aliphatic rings. The van der Waals surface area contributed by atoms with Crippen LogP contribution in [0.25, 0.3) is 0 Å². The van der Waals surface area contributed by atoms with Gasteiger partial charge in [-0.05, 0) is 44.4 Å². The molecule has 1 nitrogen and oxygen atoms in total. The second kappa shape index (κ2) is 2.59. The summed E-state index contributed by atoms with van der Waals surface area (Å²) in [5.74, 6) is 1.80. The van der Waals surface area contributed by atoms with Gasteiger partial charge in [-0.15, -0.1) is 0 Å². The van der Waals surface area contributed by atoms with Crippen LogP contribution in [0.2, 0.25) is 0 Å². The molecule has 0 aromatic heterocycles. The number of rotatable bonds is 0. The van der Waals surface area contributed by atoms with Crippen molar-refractivity contribution in [2.75, 3.05) is 0 Å². The number of nitrogens with two attached hydrogens (primary N) is 1. The van der Waals surface area contributed by atoms with Crippen LogP contribution in [0.1, 0.15) is 39.5 Å². The Morgan fingerprint density at radius 3 is 2.83 bits per heavy atom. The van der Waals surface area contributed by atoms with Crippen molar-refractivity contribution in [2.45, 2.75) is 45.1 Å². The Balaban J connectivity index is 2.17. The molecule has 68 valence electrons. The lowest BCUT2D eigenvalue weighted by Gasteiger charge is -2.39. The summed E-state index contributed by atoms with van der Waals surface area (Å²) in [6.07, 6.45) is 7.53. The van der Waals surface area contributed by atoms with Crippen LogP contribution < -0.4 is 5.73 Å². The Labute approximate surface area is 75.0 Å². The first-order valence-corrected chi connectivity index (χ1v) is 5.05. The van der Waals surface area contributed by atoms with E-state index in [9.17, 15) is 0 Å². The smallest absolute Gasteiger partial charge is 0.0315 e. The van der Waals surface area contributed by atoms with Gasteiger partial charge in [0.15, 0.2) is 0 Å². The minimum absolute atomic E-state index is 0.0276. The molecule has 0 heterocycles. The number of hydrogen-bond donors (Lipinski definition) is 1. The van der Waals surface area contributed by atoms with Gasteiger partial charge in [0.2, 0.25) is 0 Å². The molecule has 1 fully saturated rings. The highest BCUT2D eigenvalue weighted by molar-refractivity contribution is 5.21. The summed E-state index contributed by atoms with van der Waals surface area (Å²) in [5, 5.41) is 0. The lowest BCUT2D eigenvalue weighted by atomic mass is 9.69. The normalized spacial score (nSPS) is 47.1. The third kappa shape index (κ3) is 1.56. The van der Waals surface area contributed by atoms with Crippen LogP contribution in [-0.2, 0) is 0 Å². The predicted molar refractivity (Wildman–Crippen MR) is 51.8 cm³/mol. The molecule has 0 aromatic rings. The largest absolute Gasteiger partial charge is 0.322 e. The van der Waals surface area contributed by atoms with Crippen molar-refractivity contribution in [3.63, 3.8) is 0 Å². The first-order chi connectivity index (χ1) is 5.55. The molecular weight excluding hydrogens is 146 g/mol.